The zero-order valence-electron chi connectivity index (χ0n) is 8.50. The fourth-order valence-electron chi connectivity index (χ4n) is 0.733. The van der Waals surface area contributed by atoms with Gasteiger partial charge in [0.25, 0.3) is 10.1 Å². The fourth-order valence-corrected chi connectivity index (χ4v) is 0.964. The molecule has 0 fully saturated rings. The summed E-state index contributed by atoms with van der Waals surface area (Å²) in [6, 6.07) is 9.23. The average Bonchev–Trinajstić information content (AvgIpc) is 2.18. The minimum atomic E-state index is -3.92. The van der Waals surface area contributed by atoms with Gasteiger partial charge in [-0.05, 0) is 0 Å². The van der Waals surface area contributed by atoms with Gasteiger partial charge in [0, 0.05) is 5.56 Å². The van der Waals surface area contributed by atoms with Crippen molar-refractivity contribution in [1.82, 2.24) is 0 Å². The number of hydrogen-bond acceptors (Lipinski definition) is 4. The minimum Gasteiger partial charge on any atom is -0.395 e. The molecule has 1 aromatic rings. The van der Waals surface area contributed by atoms with Gasteiger partial charge in [-0.15, -0.1) is 0 Å². The molecule has 0 aromatic heterocycles. The molecule has 0 radical (unpaired) electrons. The number of amidine groups is 1. The second kappa shape index (κ2) is 6.94. The summed E-state index contributed by atoms with van der Waals surface area (Å²) < 4.78 is 27.1. The van der Waals surface area contributed by atoms with Gasteiger partial charge in [0.2, 0.25) is 0 Å². The van der Waals surface area contributed by atoms with Gasteiger partial charge in [-0.3, -0.25) is 9.96 Å². The predicted molar refractivity (Wildman–Crippen MR) is 61.0 cm³/mol. The molecule has 0 spiro atoms. The predicted octanol–water partition coefficient (Wildman–Crippen LogP) is -0.163. The van der Waals surface area contributed by atoms with Gasteiger partial charge in [0.15, 0.2) is 0 Å². The topological polar surface area (TPSA) is 124 Å². The lowest BCUT2D eigenvalue weighted by molar-refractivity contribution is 0.315. The highest BCUT2D eigenvalue weighted by atomic mass is 32.2. The largest absolute Gasteiger partial charge is 0.395 e. The molecule has 0 amide bonds. The van der Waals surface area contributed by atoms with E-state index in [4.69, 9.17) is 20.8 Å². The Morgan fingerprint density at radius 1 is 1.31 bits per heavy atom. The number of nitrogens with two attached hydrogens (primary N) is 1. The van der Waals surface area contributed by atoms with E-state index >= 15 is 0 Å². The SMILES string of the molecule is N=C(N)c1ccccc1.O=S(=O)(O)CCO. The van der Waals surface area contributed by atoms with Crippen molar-refractivity contribution in [3.8, 4) is 0 Å². The number of nitrogen functional groups attached to an aromatic ring is 1. The van der Waals surface area contributed by atoms with Crippen LogP contribution in [-0.2, 0) is 10.1 Å². The molecule has 90 valence electrons. The summed E-state index contributed by atoms with van der Waals surface area (Å²) in [5.41, 5.74) is 5.97. The number of aliphatic hydroxyl groups excluding tert-OH is 1. The Labute approximate surface area is 94.0 Å². The van der Waals surface area contributed by atoms with Gasteiger partial charge in [-0.1, -0.05) is 30.3 Å². The molecule has 0 saturated heterocycles. The number of nitrogens with one attached hydrogen (secondary N) is 1. The highest BCUT2D eigenvalue weighted by Crippen LogP contribution is 1.94. The van der Waals surface area contributed by atoms with Crippen molar-refractivity contribution in [1.29, 1.82) is 5.41 Å². The summed E-state index contributed by atoms with van der Waals surface area (Å²) >= 11 is 0. The molecule has 6 nitrogen and oxygen atoms in total. The summed E-state index contributed by atoms with van der Waals surface area (Å²) in [4.78, 5) is 0. The van der Waals surface area contributed by atoms with Gasteiger partial charge >= 0.3 is 0 Å². The van der Waals surface area contributed by atoms with Gasteiger partial charge in [0.05, 0.1) is 12.4 Å². The molecule has 16 heavy (non-hydrogen) atoms. The molecule has 1 aromatic carbocycles. The van der Waals surface area contributed by atoms with Crippen LogP contribution in [-0.4, -0.2) is 36.3 Å². The van der Waals surface area contributed by atoms with Crippen LogP contribution < -0.4 is 5.73 Å². The highest BCUT2D eigenvalue weighted by molar-refractivity contribution is 7.85. The van der Waals surface area contributed by atoms with Crippen LogP contribution in [0.25, 0.3) is 0 Å². The average molecular weight is 246 g/mol. The molecule has 1 rings (SSSR count). The van der Waals surface area contributed by atoms with Crippen LogP contribution in [0.15, 0.2) is 30.3 Å². The second-order valence-electron chi connectivity index (χ2n) is 2.79. The quantitative estimate of drug-likeness (QED) is 0.335. The van der Waals surface area contributed by atoms with Crippen LogP contribution >= 0.6 is 0 Å². The summed E-state index contributed by atoms with van der Waals surface area (Å²) in [6.07, 6.45) is 0. The Bertz CT molecular complexity index is 416. The van der Waals surface area contributed by atoms with Crippen molar-refractivity contribution in [2.24, 2.45) is 5.73 Å². The third-order valence-electron chi connectivity index (χ3n) is 1.43. The Kier molecular flexibility index (Phi) is 6.31. The summed E-state index contributed by atoms with van der Waals surface area (Å²) in [5, 5.41) is 14.9. The molecule has 0 aliphatic heterocycles. The third-order valence-corrected chi connectivity index (χ3v) is 2.13. The van der Waals surface area contributed by atoms with Crippen LogP contribution in [0.5, 0.6) is 0 Å². The molecule has 0 atom stereocenters. The molecule has 0 aliphatic carbocycles. The lowest BCUT2D eigenvalue weighted by atomic mass is 10.2. The standard InChI is InChI=1S/C7H8N2.C2H6O4S/c8-7(9)6-4-2-1-3-5-6;3-1-2-7(4,5)6/h1-5H,(H3,8,9);3H,1-2H2,(H,4,5,6). The number of rotatable bonds is 3. The lowest BCUT2D eigenvalue weighted by Crippen LogP contribution is -2.10. The Morgan fingerprint density at radius 2 is 1.81 bits per heavy atom. The van der Waals surface area contributed by atoms with E-state index in [0.29, 0.717) is 0 Å². The Balaban J connectivity index is 0.000000293. The molecule has 7 heteroatoms. The third kappa shape index (κ3) is 7.92. The van der Waals surface area contributed by atoms with Gasteiger partial charge in [-0.25, -0.2) is 0 Å². The maximum absolute atomic E-state index is 9.63. The van der Waals surface area contributed by atoms with Crippen molar-refractivity contribution in [2.45, 2.75) is 0 Å². The summed E-state index contributed by atoms with van der Waals surface area (Å²) in [6.45, 7) is -0.529. The van der Waals surface area contributed by atoms with Crippen molar-refractivity contribution in [3.05, 3.63) is 35.9 Å². The van der Waals surface area contributed by atoms with Crippen LogP contribution in [0.1, 0.15) is 5.56 Å². The smallest absolute Gasteiger partial charge is 0.267 e. The van der Waals surface area contributed by atoms with E-state index in [-0.39, 0.29) is 5.84 Å². The van der Waals surface area contributed by atoms with Gasteiger partial charge in [-0.2, -0.15) is 8.42 Å². The second-order valence-corrected chi connectivity index (χ2v) is 4.36. The summed E-state index contributed by atoms with van der Waals surface area (Å²) in [5.74, 6) is -0.455. The van der Waals surface area contributed by atoms with E-state index in [2.05, 4.69) is 0 Å². The first kappa shape index (κ1) is 14.6. The first-order valence-corrected chi connectivity index (χ1v) is 5.93. The normalized spacial score (nSPS) is 10.1. The first-order valence-electron chi connectivity index (χ1n) is 4.32. The zero-order valence-corrected chi connectivity index (χ0v) is 9.31. The first-order chi connectivity index (χ1) is 7.37. The van der Waals surface area contributed by atoms with Crippen molar-refractivity contribution >= 4 is 16.0 Å². The van der Waals surface area contributed by atoms with Crippen LogP contribution in [0.3, 0.4) is 0 Å². The highest BCUT2D eigenvalue weighted by Gasteiger charge is 1.99. The van der Waals surface area contributed by atoms with Crippen molar-refractivity contribution in [3.63, 3.8) is 0 Å². The molecule has 0 unspecified atom stereocenters. The van der Waals surface area contributed by atoms with Crippen molar-refractivity contribution < 1.29 is 18.1 Å². The Hall–Kier alpha value is -1.44. The minimum absolute atomic E-state index is 0.121. The van der Waals surface area contributed by atoms with Gasteiger partial charge < -0.3 is 10.8 Å². The molecule has 0 saturated carbocycles. The van der Waals surface area contributed by atoms with E-state index in [1.807, 2.05) is 30.3 Å². The number of benzene rings is 1. The molecule has 5 N–H and O–H groups in total. The molecular formula is C9H14N2O4S. The van der Waals surface area contributed by atoms with E-state index in [9.17, 15) is 8.42 Å². The summed E-state index contributed by atoms with van der Waals surface area (Å²) in [7, 11) is -3.92. The molecular weight excluding hydrogens is 232 g/mol. The van der Waals surface area contributed by atoms with Gasteiger partial charge in [0.1, 0.15) is 5.84 Å². The zero-order chi connectivity index (χ0) is 12.6. The Morgan fingerprint density at radius 3 is 2.00 bits per heavy atom. The lowest BCUT2D eigenvalue weighted by Gasteiger charge is -1.93. The number of hydrogen-bond donors (Lipinski definition) is 4. The fraction of sp³-hybridized carbons (Fsp3) is 0.222. The van der Waals surface area contributed by atoms with Crippen LogP contribution in [0, 0.1) is 5.41 Å². The molecule has 0 heterocycles. The molecule has 0 bridgehead atoms. The van der Waals surface area contributed by atoms with Crippen LogP contribution in [0.4, 0.5) is 0 Å². The van der Waals surface area contributed by atoms with E-state index in [1.54, 1.807) is 0 Å². The van der Waals surface area contributed by atoms with E-state index in [0.717, 1.165) is 5.56 Å². The monoisotopic (exact) mass is 246 g/mol. The van der Waals surface area contributed by atoms with Crippen LogP contribution in [0.2, 0.25) is 0 Å². The van der Waals surface area contributed by atoms with E-state index in [1.165, 1.54) is 0 Å². The van der Waals surface area contributed by atoms with Crippen molar-refractivity contribution in [2.75, 3.05) is 12.4 Å². The number of aliphatic hydroxyl groups is 1. The maximum atomic E-state index is 9.63. The molecule has 0 aliphatic rings. The van der Waals surface area contributed by atoms with E-state index < -0.39 is 22.5 Å². The maximum Gasteiger partial charge on any atom is 0.267 e.